The zero-order valence-corrected chi connectivity index (χ0v) is 20.6. The smallest absolute Gasteiger partial charge is 0.263 e. The molecule has 0 atom stereocenters. The third-order valence-electron chi connectivity index (χ3n) is 5.40. The number of sulfonamides is 1. The van der Waals surface area contributed by atoms with Gasteiger partial charge in [0.1, 0.15) is 5.75 Å². The van der Waals surface area contributed by atoms with E-state index in [-0.39, 0.29) is 15.9 Å². The molecule has 5 rings (SSSR count). The number of ether oxygens (including phenoxy) is 1. The van der Waals surface area contributed by atoms with Crippen molar-refractivity contribution in [1.29, 1.82) is 0 Å². The van der Waals surface area contributed by atoms with Crippen LogP contribution in [-0.4, -0.2) is 31.4 Å². The summed E-state index contributed by atoms with van der Waals surface area (Å²) in [6.45, 7) is 0. The zero-order valence-electron chi connectivity index (χ0n) is 19.0. The predicted octanol–water partition coefficient (Wildman–Crippen LogP) is 5.42. The van der Waals surface area contributed by atoms with Gasteiger partial charge in [0.25, 0.3) is 15.9 Å². The lowest BCUT2D eigenvalue weighted by atomic mass is 10.0. The second-order valence-electron chi connectivity index (χ2n) is 7.73. The number of hydrogen-bond donors (Lipinski definition) is 2. The number of aromatic nitrogens is 2. The number of hydrogen-bond acceptors (Lipinski definition) is 7. The molecule has 5 aromatic rings. The molecule has 0 aliphatic heterocycles. The van der Waals surface area contributed by atoms with Crippen LogP contribution in [0, 0.1) is 0 Å². The highest BCUT2D eigenvalue weighted by molar-refractivity contribution is 7.93. The molecule has 36 heavy (non-hydrogen) atoms. The van der Waals surface area contributed by atoms with Gasteiger partial charge < -0.3 is 10.1 Å². The van der Waals surface area contributed by atoms with E-state index in [2.05, 4.69) is 15.0 Å². The first kappa shape index (κ1) is 23.5. The van der Waals surface area contributed by atoms with E-state index in [1.807, 2.05) is 48.5 Å². The monoisotopic (exact) mass is 516 g/mol. The summed E-state index contributed by atoms with van der Waals surface area (Å²) in [5.41, 5.74) is 3.03. The van der Waals surface area contributed by atoms with Crippen molar-refractivity contribution >= 4 is 49.0 Å². The molecule has 0 fully saturated rings. The number of carbonyl (C=O) groups is 1. The van der Waals surface area contributed by atoms with Gasteiger partial charge in [-0.05, 0) is 48.5 Å². The van der Waals surface area contributed by atoms with E-state index in [0.29, 0.717) is 33.6 Å². The summed E-state index contributed by atoms with van der Waals surface area (Å²) in [7, 11) is -2.19. The SMILES string of the molecule is COc1cccc(-c2cc(C(=O)Nc3ccc(S(=O)(=O)Nc4nccs4)cc3)c3ccccc3n2)c1. The molecular weight excluding hydrogens is 496 g/mol. The Morgan fingerprint density at radius 1 is 0.972 bits per heavy atom. The Morgan fingerprint density at radius 3 is 2.53 bits per heavy atom. The van der Waals surface area contributed by atoms with Crippen molar-refractivity contribution in [1.82, 2.24) is 9.97 Å². The lowest BCUT2D eigenvalue weighted by Gasteiger charge is -2.12. The summed E-state index contributed by atoms with van der Waals surface area (Å²) >= 11 is 1.19. The van der Waals surface area contributed by atoms with Crippen LogP contribution in [0.2, 0.25) is 0 Å². The molecule has 8 nitrogen and oxygen atoms in total. The Labute approximate surface area is 211 Å². The number of pyridine rings is 1. The Bertz CT molecular complexity index is 1650. The van der Waals surface area contributed by atoms with E-state index in [1.54, 1.807) is 30.7 Å². The minimum absolute atomic E-state index is 0.0605. The summed E-state index contributed by atoms with van der Waals surface area (Å²) < 4.78 is 32.9. The van der Waals surface area contributed by atoms with Crippen molar-refractivity contribution in [3.05, 3.63) is 96.0 Å². The van der Waals surface area contributed by atoms with Crippen LogP contribution in [0.4, 0.5) is 10.8 Å². The fourth-order valence-corrected chi connectivity index (χ4v) is 5.45. The number of rotatable bonds is 7. The minimum Gasteiger partial charge on any atom is -0.497 e. The average Bonchev–Trinajstić information content (AvgIpc) is 3.40. The molecule has 2 heterocycles. The minimum atomic E-state index is -3.78. The van der Waals surface area contributed by atoms with E-state index in [0.717, 1.165) is 5.56 Å². The van der Waals surface area contributed by atoms with Crippen molar-refractivity contribution in [3.63, 3.8) is 0 Å². The van der Waals surface area contributed by atoms with Crippen molar-refractivity contribution in [2.75, 3.05) is 17.1 Å². The molecule has 2 N–H and O–H groups in total. The summed E-state index contributed by atoms with van der Waals surface area (Å²) in [5.74, 6) is 0.349. The molecular formula is C26H20N4O4S2. The van der Waals surface area contributed by atoms with Gasteiger partial charge in [-0.3, -0.25) is 9.52 Å². The number of nitrogens with one attached hydrogen (secondary N) is 2. The summed E-state index contributed by atoms with van der Waals surface area (Å²) in [6.07, 6.45) is 1.52. The molecule has 0 bridgehead atoms. The van der Waals surface area contributed by atoms with Gasteiger partial charge in [0.15, 0.2) is 5.13 Å². The van der Waals surface area contributed by atoms with Gasteiger partial charge in [-0.2, -0.15) is 0 Å². The van der Waals surface area contributed by atoms with Gasteiger partial charge in [0.05, 0.1) is 28.8 Å². The van der Waals surface area contributed by atoms with Crippen molar-refractivity contribution in [2.24, 2.45) is 0 Å². The van der Waals surface area contributed by atoms with Crippen LogP contribution in [0.15, 0.2) is 95.3 Å². The molecule has 0 aliphatic rings. The van der Waals surface area contributed by atoms with Crippen LogP contribution < -0.4 is 14.8 Å². The Hall–Kier alpha value is -4.28. The van der Waals surface area contributed by atoms with Crippen molar-refractivity contribution in [2.45, 2.75) is 4.90 Å². The van der Waals surface area contributed by atoms with Gasteiger partial charge >= 0.3 is 0 Å². The van der Waals surface area contributed by atoms with Crippen LogP contribution in [0.1, 0.15) is 10.4 Å². The van der Waals surface area contributed by atoms with E-state index in [9.17, 15) is 13.2 Å². The van der Waals surface area contributed by atoms with Crippen LogP contribution >= 0.6 is 11.3 Å². The maximum Gasteiger partial charge on any atom is 0.263 e. The molecule has 2 aromatic heterocycles. The molecule has 3 aromatic carbocycles. The third kappa shape index (κ3) is 4.90. The Balaban J connectivity index is 1.44. The van der Waals surface area contributed by atoms with E-state index in [4.69, 9.17) is 9.72 Å². The van der Waals surface area contributed by atoms with Gasteiger partial charge in [0.2, 0.25) is 0 Å². The maximum absolute atomic E-state index is 13.3. The number of para-hydroxylation sites is 1. The second-order valence-corrected chi connectivity index (χ2v) is 10.3. The molecule has 180 valence electrons. The summed E-state index contributed by atoms with van der Waals surface area (Å²) in [6, 6.07) is 22.6. The van der Waals surface area contributed by atoms with Crippen LogP contribution in [0.3, 0.4) is 0 Å². The molecule has 0 radical (unpaired) electrons. The van der Waals surface area contributed by atoms with Gasteiger partial charge in [0, 0.05) is 28.2 Å². The predicted molar refractivity (Wildman–Crippen MR) is 141 cm³/mol. The highest BCUT2D eigenvalue weighted by atomic mass is 32.2. The topological polar surface area (TPSA) is 110 Å². The third-order valence-corrected chi connectivity index (χ3v) is 7.58. The molecule has 0 spiro atoms. The van der Waals surface area contributed by atoms with E-state index in [1.165, 1.54) is 29.7 Å². The number of fused-ring (bicyclic) bond motifs is 1. The molecule has 0 unspecified atom stereocenters. The largest absolute Gasteiger partial charge is 0.497 e. The highest BCUT2D eigenvalue weighted by Crippen LogP contribution is 2.28. The second kappa shape index (κ2) is 9.76. The number of amides is 1. The first-order valence-electron chi connectivity index (χ1n) is 10.8. The van der Waals surface area contributed by atoms with Crippen molar-refractivity contribution < 1.29 is 17.9 Å². The number of thiazole rings is 1. The summed E-state index contributed by atoms with van der Waals surface area (Å²) in [4.78, 5) is 22.1. The number of benzene rings is 3. The zero-order chi connectivity index (χ0) is 25.1. The lowest BCUT2D eigenvalue weighted by molar-refractivity contribution is 0.102. The Kier molecular flexibility index (Phi) is 6.36. The summed E-state index contributed by atoms with van der Waals surface area (Å²) in [5, 5.41) is 5.52. The van der Waals surface area contributed by atoms with Crippen LogP contribution in [-0.2, 0) is 10.0 Å². The van der Waals surface area contributed by atoms with Crippen LogP contribution in [0.25, 0.3) is 22.2 Å². The first-order valence-corrected chi connectivity index (χ1v) is 13.2. The molecule has 1 amide bonds. The maximum atomic E-state index is 13.3. The molecule has 0 saturated heterocycles. The number of methoxy groups -OCH3 is 1. The molecule has 10 heteroatoms. The quantitative estimate of drug-likeness (QED) is 0.299. The Morgan fingerprint density at radius 2 is 1.78 bits per heavy atom. The average molecular weight is 517 g/mol. The normalized spacial score (nSPS) is 11.2. The van der Waals surface area contributed by atoms with E-state index < -0.39 is 10.0 Å². The van der Waals surface area contributed by atoms with E-state index >= 15 is 0 Å². The first-order chi connectivity index (χ1) is 17.4. The number of nitrogens with zero attached hydrogens (tertiary/aromatic N) is 2. The fourth-order valence-electron chi connectivity index (χ4n) is 3.66. The standard InChI is InChI=1S/C26H20N4O4S2/c1-34-19-6-4-5-17(15-19)24-16-22(21-7-2-3-8-23(21)29-24)25(31)28-18-9-11-20(12-10-18)36(32,33)30-26-27-13-14-35-26/h2-16H,1H3,(H,27,30)(H,28,31). The molecule has 0 aliphatic carbocycles. The highest BCUT2D eigenvalue weighted by Gasteiger charge is 2.17. The molecule has 0 saturated carbocycles. The fraction of sp³-hybridized carbons (Fsp3) is 0.0385. The van der Waals surface area contributed by atoms with Gasteiger partial charge in [-0.1, -0.05) is 30.3 Å². The van der Waals surface area contributed by atoms with Gasteiger partial charge in [-0.15, -0.1) is 11.3 Å². The van der Waals surface area contributed by atoms with Gasteiger partial charge in [-0.25, -0.2) is 18.4 Å². The number of carbonyl (C=O) groups excluding carboxylic acids is 1. The van der Waals surface area contributed by atoms with Crippen molar-refractivity contribution in [3.8, 4) is 17.0 Å². The number of anilines is 2. The lowest BCUT2D eigenvalue weighted by Crippen LogP contribution is -2.14. The van der Waals surface area contributed by atoms with Crippen LogP contribution in [0.5, 0.6) is 5.75 Å².